The first-order valence-electron chi connectivity index (χ1n) is 5.37. The quantitative estimate of drug-likeness (QED) is 0.635. The van der Waals surface area contributed by atoms with E-state index in [1.165, 1.54) is 32.1 Å². The number of halogens is 1. The van der Waals surface area contributed by atoms with Crippen LogP contribution < -0.4 is 0 Å². The third kappa shape index (κ3) is 4.66. The smallest absolute Gasteiger partial charge is 0.221 e. The first-order chi connectivity index (χ1) is 6.18. The van der Waals surface area contributed by atoms with Crippen molar-refractivity contribution in [2.75, 3.05) is 0 Å². The van der Waals surface area contributed by atoms with Crippen molar-refractivity contribution in [3.05, 3.63) is 0 Å². The van der Waals surface area contributed by atoms with Gasteiger partial charge in [0.25, 0.3) is 0 Å². The van der Waals surface area contributed by atoms with Crippen molar-refractivity contribution in [1.82, 2.24) is 0 Å². The molecule has 0 aromatic carbocycles. The van der Waals surface area contributed by atoms with Gasteiger partial charge >= 0.3 is 0 Å². The van der Waals surface area contributed by atoms with Crippen LogP contribution in [0.2, 0.25) is 0 Å². The Labute approximate surface area is 85.8 Å². The second-order valence-electron chi connectivity index (χ2n) is 4.39. The molecule has 0 heterocycles. The van der Waals surface area contributed by atoms with Crippen LogP contribution in [0, 0.1) is 11.8 Å². The van der Waals surface area contributed by atoms with Crippen molar-refractivity contribution in [3.63, 3.8) is 0 Å². The fourth-order valence-corrected chi connectivity index (χ4v) is 2.49. The summed E-state index contributed by atoms with van der Waals surface area (Å²) < 4.78 is 0. The van der Waals surface area contributed by atoms with E-state index in [0.717, 1.165) is 18.3 Å². The Balaban J connectivity index is 2.10. The molecular weight excluding hydrogens is 184 g/mol. The van der Waals surface area contributed by atoms with E-state index in [4.69, 9.17) is 11.6 Å². The minimum absolute atomic E-state index is 0.177. The van der Waals surface area contributed by atoms with Gasteiger partial charge in [-0.2, -0.15) is 0 Å². The third-order valence-electron chi connectivity index (χ3n) is 3.03. The molecule has 0 amide bonds. The van der Waals surface area contributed by atoms with Crippen molar-refractivity contribution >= 4 is 16.8 Å². The lowest BCUT2D eigenvalue weighted by atomic mass is 9.80. The number of hydrogen-bond acceptors (Lipinski definition) is 1. The highest BCUT2D eigenvalue weighted by Gasteiger charge is 2.18. The summed E-state index contributed by atoms with van der Waals surface area (Å²) in [5.74, 6) is 1.75. The van der Waals surface area contributed by atoms with Crippen LogP contribution in [-0.4, -0.2) is 5.24 Å². The lowest BCUT2D eigenvalue weighted by Crippen LogP contribution is -2.13. The van der Waals surface area contributed by atoms with Crippen molar-refractivity contribution in [1.29, 1.82) is 0 Å². The van der Waals surface area contributed by atoms with E-state index in [-0.39, 0.29) is 5.24 Å². The Bertz CT molecular complexity index is 167. The molecule has 0 aliphatic heterocycles. The number of hydrogen-bond donors (Lipinski definition) is 0. The lowest BCUT2D eigenvalue weighted by Gasteiger charge is -2.26. The molecule has 0 radical (unpaired) electrons. The molecule has 0 spiro atoms. The maximum absolute atomic E-state index is 10.5. The summed E-state index contributed by atoms with van der Waals surface area (Å²) in [6.45, 7) is 2.33. The Morgan fingerprint density at radius 3 is 2.85 bits per heavy atom. The lowest BCUT2D eigenvalue weighted by molar-refractivity contribution is -0.111. The van der Waals surface area contributed by atoms with Gasteiger partial charge in [0.1, 0.15) is 0 Å². The van der Waals surface area contributed by atoms with Crippen LogP contribution in [0.3, 0.4) is 0 Å². The van der Waals surface area contributed by atoms with Crippen LogP contribution in [0.15, 0.2) is 0 Å². The molecule has 0 aromatic heterocycles. The minimum atomic E-state index is -0.177. The zero-order valence-electron chi connectivity index (χ0n) is 8.39. The van der Waals surface area contributed by atoms with Crippen molar-refractivity contribution in [2.24, 2.45) is 11.8 Å². The van der Waals surface area contributed by atoms with Gasteiger partial charge < -0.3 is 0 Å². The fraction of sp³-hybridized carbons (Fsp3) is 0.909. The molecule has 76 valence electrons. The van der Waals surface area contributed by atoms with E-state index in [2.05, 4.69) is 6.92 Å². The second-order valence-corrected chi connectivity index (χ2v) is 4.81. The monoisotopic (exact) mass is 202 g/mol. The molecule has 1 aliphatic rings. The average molecular weight is 203 g/mol. The van der Waals surface area contributed by atoms with Gasteiger partial charge in [-0.25, -0.2) is 0 Å². The molecule has 1 fully saturated rings. The standard InChI is InChI=1S/C11H19ClO/c1-9-4-2-5-10(8-9)6-3-7-11(12)13/h9-10H,2-8H2,1H3. The summed E-state index contributed by atoms with van der Waals surface area (Å²) in [5, 5.41) is -0.177. The summed E-state index contributed by atoms with van der Waals surface area (Å²) in [6.07, 6.45) is 8.23. The van der Waals surface area contributed by atoms with Crippen LogP contribution in [0.25, 0.3) is 0 Å². The Morgan fingerprint density at radius 2 is 2.23 bits per heavy atom. The van der Waals surface area contributed by atoms with Crippen molar-refractivity contribution in [2.45, 2.75) is 51.9 Å². The van der Waals surface area contributed by atoms with Gasteiger partial charge in [-0.3, -0.25) is 4.79 Å². The Morgan fingerprint density at radius 1 is 1.46 bits per heavy atom. The first kappa shape index (κ1) is 11.0. The molecule has 0 saturated heterocycles. The summed E-state index contributed by atoms with van der Waals surface area (Å²) in [6, 6.07) is 0. The van der Waals surface area contributed by atoms with Crippen molar-refractivity contribution < 1.29 is 4.79 Å². The van der Waals surface area contributed by atoms with E-state index < -0.39 is 0 Å². The summed E-state index contributed by atoms with van der Waals surface area (Å²) >= 11 is 5.29. The fourth-order valence-electron chi connectivity index (χ4n) is 2.35. The summed E-state index contributed by atoms with van der Waals surface area (Å²) in [7, 11) is 0. The summed E-state index contributed by atoms with van der Waals surface area (Å²) in [5.41, 5.74) is 0. The second kappa shape index (κ2) is 5.64. The molecule has 2 unspecified atom stereocenters. The number of carbonyl (C=O) groups is 1. The molecule has 1 aliphatic carbocycles. The normalized spacial score (nSPS) is 28.8. The molecule has 0 N–H and O–H groups in total. The highest BCUT2D eigenvalue weighted by atomic mass is 35.5. The van der Waals surface area contributed by atoms with Crippen LogP contribution in [0.5, 0.6) is 0 Å². The maximum Gasteiger partial charge on any atom is 0.221 e. The third-order valence-corrected chi connectivity index (χ3v) is 3.22. The zero-order valence-corrected chi connectivity index (χ0v) is 9.15. The Hall–Kier alpha value is -0.0400. The van der Waals surface area contributed by atoms with E-state index in [9.17, 15) is 4.79 Å². The van der Waals surface area contributed by atoms with Gasteiger partial charge in [-0.05, 0) is 42.7 Å². The van der Waals surface area contributed by atoms with E-state index in [1.807, 2.05) is 0 Å². The van der Waals surface area contributed by atoms with E-state index in [0.29, 0.717) is 6.42 Å². The zero-order chi connectivity index (χ0) is 9.68. The van der Waals surface area contributed by atoms with Crippen LogP contribution in [-0.2, 0) is 4.79 Å². The molecule has 2 heteroatoms. The molecule has 1 nitrogen and oxygen atoms in total. The van der Waals surface area contributed by atoms with Gasteiger partial charge in [0.2, 0.25) is 5.24 Å². The van der Waals surface area contributed by atoms with Crippen LogP contribution >= 0.6 is 11.6 Å². The molecule has 13 heavy (non-hydrogen) atoms. The SMILES string of the molecule is CC1CCCC(CCCC(=O)Cl)C1. The maximum atomic E-state index is 10.5. The highest BCUT2D eigenvalue weighted by molar-refractivity contribution is 6.63. The van der Waals surface area contributed by atoms with Gasteiger partial charge in [0.05, 0.1) is 0 Å². The Kier molecular flexibility index (Phi) is 4.79. The number of carbonyl (C=O) groups excluding carboxylic acids is 1. The predicted octanol–water partition coefficient (Wildman–Crippen LogP) is 3.75. The molecule has 0 aromatic rings. The highest BCUT2D eigenvalue weighted by Crippen LogP contribution is 2.31. The molecule has 0 bridgehead atoms. The van der Waals surface area contributed by atoms with Crippen LogP contribution in [0.4, 0.5) is 0 Å². The predicted molar refractivity (Wildman–Crippen MR) is 55.8 cm³/mol. The van der Waals surface area contributed by atoms with Crippen molar-refractivity contribution in [3.8, 4) is 0 Å². The largest absolute Gasteiger partial charge is 0.281 e. The van der Waals surface area contributed by atoms with Gasteiger partial charge in [0.15, 0.2) is 0 Å². The minimum Gasteiger partial charge on any atom is -0.281 e. The number of rotatable bonds is 4. The average Bonchev–Trinajstić information content (AvgIpc) is 2.03. The van der Waals surface area contributed by atoms with Crippen LogP contribution in [0.1, 0.15) is 51.9 Å². The van der Waals surface area contributed by atoms with Gasteiger partial charge in [-0.15, -0.1) is 0 Å². The molecule has 2 atom stereocenters. The van der Waals surface area contributed by atoms with E-state index >= 15 is 0 Å². The first-order valence-corrected chi connectivity index (χ1v) is 5.74. The summed E-state index contributed by atoms with van der Waals surface area (Å²) in [4.78, 5) is 10.5. The van der Waals surface area contributed by atoms with Gasteiger partial charge in [-0.1, -0.05) is 26.2 Å². The topological polar surface area (TPSA) is 17.1 Å². The molecular formula is C11H19ClO. The van der Waals surface area contributed by atoms with E-state index in [1.54, 1.807) is 0 Å². The molecule has 1 saturated carbocycles. The molecule has 1 rings (SSSR count). The van der Waals surface area contributed by atoms with Gasteiger partial charge in [0, 0.05) is 6.42 Å².